The highest BCUT2D eigenvalue weighted by atomic mass is 32.2. The molecule has 178 valence electrons. The molecule has 0 aromatic heterocycles. The van der Waals surface area contributed by atoms with E-state index in [-0.39, 0.29) is 22.6 Å². The average Bonchev–Trinajstić information content (AvgIpc) is 3.49. The normalized spacial score (nSPS) is 19.0. The average molecular weight is 490 g/mol. The van der Waals surface area contributed by atoms with Crippen LogP contribution >= 0.6 is 0 Å². The van der Waals surface area contributed by atoms with Crippen molar-refractivity contribution in [1.82, 2.24) is 0 Å². The summed E-state index contributed by atoms with van der Waals surface area (Å²) in [7, 11) is -7.44. The highest BCUT2D eigenvalue weighted by molar-refractivity contribution is 7.93. The van der Waals surface area contributed by atoms with Crippen molar-refractivity contribution in [1.29, 1.82) is 0 Å². The maximum absolute atomic E-state index is 13.8. The van der Waals surface area contributed by atoms with Gasteiger partial charge in [0, 0.05) is 5.69 Å². The van der Waals surface area contributed by atoms with Gasteiger partial charge in [0.15, 0.2) is 24.4 Å². The van der Waals surface area contributed by atoms with Crippen LogP contribution in [0, 0.1) is 13.8 Å². The summed E-state index contributed by atoms with van der Waals surface area (Å²) in [6, 6.07) is 11.5. The molecule has 0 spiro atoms. The number of amides is 1. The van der Waals surface area contributed by atoms with Gasteiger partial charge in [-0.1, -0.05) is 43.9 Å². The zero-order valence-corrected chi connectivity index (χ0v) is 20.8. The monoisotopic (exact) mass is 489 g/mol. The van der Waals surface area contributed by atoms with Gasteiger partial charge in [-0.05, 0) is 74.9 Å². The number of aryl methyl sites for hydroxylation is 2. The number of sulfone groups is 2. The van der Waals surface area contributed by atoms with Crippen LogP contribution in [0.3, 0.4) is 0 Å². The zero-order chi connectivity index (χ0) is 23.9. The van der Waals surface area contributed by atoms with Crippen LogP contribution in [0.4, 0.5) is 5.69 Å². The summed E-state index contributed by atoms with van der Waals surface area (Å²) in [6.07, 6.45) is 4.88. The Balaban J connectivity index is 1.67. The smallest absolute Gasteiger partial charge is 0.246 e. The van der Waals surface area contributed by atoms with Crippen molar-refractivity contribution in [3.63, 3.8) is 0 Å². The minimum atomic E-state index is -3.95. The molecule has 2 aliphatic carbocycles. The molecule has 4 rings (SSSR count). The topological polar surface area (TPSA) is 97.4 Å². The van der Waals surface area contributed by atoms with Gasteiger partial charge >= 0.3 is 0 Å². The minimum absolute atomic E-state index is 0.171. The van der Waals surface area contributed by atoms with Crippen molar-refractivity contribution >= 4 is 31.3 Å². The lowest BCUT2D eigenvalue weighted by atomic mass is 10.1. The highest BCUT2D eigenvalue weighted by Crippen LogP contribution is 2.42. The third kappa shape index (κ3) is 4.23. The number of rotatable bonds is 6. The van der Waals surface area contributed by atoms with Crippen molar-refractivity contribution in [3.8, 4) is 0 Å². The number of nitrogens with one attached hydrogen (secondary N) is 1. The Morgan fingerprint density at radius 3 is 2.24 bits per heavy atom. The first-order chi connectivity index (χ1) is 15.6. The first-order valence-corrected chi connectivity index (χ1v) is 14.6. The van der Waals surface area contributed by atoms with E-state index in [1.54, 1.807) is 37.3 Å². The number of hydrogen-bond acceptors (Lipinski definition) is 5. The Morgan fingerprint density at radius 2 is 1.58 bits per heavy atom. The minimum Gasteiger partial charge on any atom is -0.325 e. The number of anilines is 1. The SMILES string of the molecule is Cc1ccc(C)c(S(=O)(=O)C2(C(=O)Nc3cccc(S(=O)(=O)C4CCCC4)c3)CCCC2)c1. The standard InChI is InChI=1S/C25H31NO5S2/c1-18-12-13-19(2)23(16-18)33(30,31)25(14-5-6-15-25)24(27)26-20-8-7-11-22(17-20)32(28,29)21-9-3-4-10-21/h7-8,11-13,16-17,21H,3-6,9-10,14-15H2,1-2H3,(H,26,27). The summed E-state index contributed by atoms with van der Waals surface area (Å²) in [6.45, 7) is 3.57. The van der Waals surface area contributed by atoms with Crippen LogP contribution in [-0.2, 0) is 24.5 Å². The van der Waals surface area contributed by atoms with Crippen LogP contribution in [0.2, 0.25) is 0 Å². The fourth-order valence-electron chi connectivity index (χ4n) is 5.16. The molecule has 33 heavy (non-hydrogen) atoms. The fraction of sp³-hybridized carbons (Fsp3) is 0.480. The maximum atomic E-state index is 13.8. The molecule has 1 N–H and O–H groups in total. The van der Waals surface area contributed by atoms with Gasteiger partial charge in [0.2, 0.25) is 5.91 Å². The molecule has 0 saturated heterocycles. The summed E-state index contributed by atoms with van der Waals surface area (Å²) in [5.41, 5.74) is 1.74. The molecular weight excluding hydrogens is 458 g/mol. The number of carbonyl (C=O) groups excluding carboxylic acids is 1. The molecule has 0 atom stereocenters. The Bertz CT molecular complexity index is 1270. The third-order valence-corrected chi connectivity index (χ3v) is 12.0. The Hall–Kier alpha value is -2.19. The van der Waals surface area contributed by atoms with E-state index >= 15 is 0 Å². The summed E-state index contributed by atoms with van der Waals surface area (Å²) in [4.78, 5) is 13.9. The summed E-state index contributed by atoms with van der Waals surface area (Å²) < 4.78 is 52.0. The van der Waals surface area contributed by atoms with E-state index in [0.29, 0.717) is 36.9 Å². The van der Waals surface area contributed by atoms with E-state index < -0.39 is 35.6 Å². The molecule has 0 unspecified atom stereocenters. The van der Waals surface area contributed by atoms with Crippen molar-refractivity contribution in [2.24, 2.45) is 0 Å². The molecule has 0 heterocycles. The molecule has 0 bridgehead atoms. The van der Waals surface area contributed by atoms with Crippen molar-refractivity contribution in [3.05, 3.63) is 53.6 Å². The van der Waals surface area contributed by atoms with Gasteiger partial charge in [0.25, 0.3) is 0 Å². The Morgan fingerprint density at radius 1 is 0.909 bits per heavy atom. The van der Waals surface area contributed by atoms with E-state index in [4.69, 9.17) is 0 Å². The van der Waals surface area contributed by atoms with Gasteiger partial charge in [-0.3, -0.25) is 4.79 Å². The molecule has 2 aromatic rings. The predicted molar refractivity (Wildman–Crippen MR) is 129 cm³/mol. The lowest BCUT2D eigenvalue weighted by molar-refractivity contribution is -0.118. The third-order valence-electron chi connectivity index (χ3n) is 7.13. The lowest BCUT2D eigenvalue weighted by Crippen LogP contribution is -2.47. The summed E-state index contributed by atoms with van der Waals surface area (Å²) in [5.74, 6) is -0.587. The second-order valence-corrected chi connectivity index (χ2v) is 13.9. The Labute approximate surface area is 196 Å². The molecule has 2 aliphatic rings. The summed E-state index contributed by atoms with van der Waals surface area (Å²) >= 11 is 0. The van der Waals surface area contributed by atoms with Gasteiger partial charge in [0.1, 0.15) is 0 Å². The van der Waals surface area contributed by atoms with Crippen LogP contribution in [0.15, 0.2) is 52.3 Å². The first-order valence-electron chi connectivity index (χ1n) is 11.6. The van der Waals surface area contributed by atoms with E-state index in [0.717, 1.165) is 18.4 Å². The van der Waals surface area contributed by atoms with E-state index in [9.17, 15) is 21.6 Å². The van der Waals surface area contributed by atoms with Crippen LogP contribution in [0.1, 0.15) is 62.5 Å². The first kappa shape index (κ1) is 24.0. The summed E-state index contributed by atoms with van der Waals surface area (Å²) in [5, 5.41) is 2.36. The largest absolute Gasteiger partial charge is 0.325 e. The predicted octanol–water partition coefficient (Wildman–Crippen LogP) is 4.74. The Kier molecular flexibility index (Phi) is 6.44. The van der Waals surface area contributed by atoms with E-state index in [1.165, 1.54) is 6.07 Å². The molecule has 2 aromatic carbocycles. The molecule has 1 amide bonds. The highest BCUT2D eigenvalue weighted by Gasteiger charge is 2.53. The second kappa shape index (κ2) is 8.87. The van der Waals surface area contributed by atoms with Gasteiger partial charge in [-0.15, -0.1) is 0 Å². The van der Waals surface area contributed by atoms with Crippen LogP contribution in [0.25, 0.3) is 0 Å². The number of carbonyl (C=O) groups is 1. The fourth-order valence-corrected chi connectivity index (χ4v) is 9.43. The van der Waals surface area contributed by atoms with Crippen LogP contribution in [-0.4, -0.2) is 32.7 Å². The van der Waals surface area contributed by atoms with Crippen LogP contribution < -0.4 is 5.32 Å². The van der Waals surface area contributed by atoms with Crippen molar-refractivity contribution in [2.45, 2.75) is 85.0 Å². The number of hydrogen-bond donors (Lipinski definition) is 1. The van der Waals surface area contributed by atoms with Gasteiger partial charge < -0.3 is 5.32 Å². The maximum Gasteiger partial charge on any atom is 0.246 e. The molecule has 2 fully saturated rings. The van der Waals surface area contributed by atoms with E-state index in [1.807, 2.05) is 13.0 Å². The molecule has 0 radical (unpaired) electrons. The zero-order valence-electron chi connectivity index (χ0n) is 19.1. The van der Waals surface area contributed by atoms with Crippen molar-refractivity contribution < 1.29 is 21.6 Å². The molecule has 0 aliphatic heterocycles. The van der Waals surface area contributed by atoms with Crippen molar-refractivity contribution in [2.75, 3.05) is 5.32 Å². The molecule has 8 heteroatoms. The molecule has 6 nitrogen and oxygen atoms in total. The van der Waals surface area contributed by atoms with Gasteiger partial charge in [0.05, 0.1) is 15.0 Å². The molecular formula is C25H31NO5S2. The second-order valence-electron chi connectivity index (χ2n) is 9.41. The van der Waals surface area contributed by atoms with E-state index in [2.05, 4.69) is 5.32 Å². The molecule has 2 saturated carbocycles. The van der Waals surface area contributed by atoms with Gasteiger partial charge in [-0.2, -0.15) is 0 Å². The van der Waals surface area contributed by atoms with Crippen LogP contribution in [0.5, 0.6) is 0 Å². The quantitative estimate of drug-likeness (QED) is 0.632. The van der Waals surface area contributed by atoms with Gasteiger partial charge in [-0.25, -0.2) is 16.8 Å². The lowest BCUT2D eigenvalue weighted by Gasteiger charge is -2.28. The number of benzene rings is 2.